The van der Waals surface area contributed by atoms with E-state index in [9.17, 15) is 14.7 Å². The minimum atomic E-state index is -0.981. The first kappa shape index (κ1) is 30.5. The molecule has 10 nitrogen and oxygen atoms in total. The number of aliphatic imine (C=N–C) groups is 1. The van der Waals surface area contributed by atoms with Crippen molar-refractivity contribution in [3.63, 3.8) is 0 Å². The van der Waals surface area contributed by atoms with Crippen molar-refractivity contribution in [3.05, 3.63) is 65.2 Å². The summed E-state index contributed by atoms with van der Waals surface area (Å²) < 4.78 is 17.0. The average molecular weight is 567 g/mol. The van der Waals surface area contributed by atoms with Crippen molar-refractivity contribution < 1.29 is 28.9 Å². The van der Waals surface area contributed by atoms with Gasteiger partial charge in [-0.1, -0.05) is 44.2 Å². The second-order valence-electron chi connectivity index (χ2n) is 11.2. The zero-order valence-electron chi connectivity index (χ0n) is 24.6. The summed E-state index contributed by atoms with van der Waals surface area (Å²) in [6.07, 6.45) is 0.663. The van der Waals surface area contributed by atoms with Gasteiger partial charge in [0.25, 0.3) is 5.91 Å². The maximum Gasteiger partial charge on any atom is 0.251 e. The fourth-order valence-corrected chi connectivity index (χ4v) is 5.49. The van der Waals surface area contributed by atoms with Crippen LogP contribution in [0.4, 0.5) is 0 Å². The van der Waals surface area contributed by atoms with Crippen molar-refractivity contribution in [1.29, 1.82) is 0 Å². The van der Waals surface area contributed by atoms with E-state index in [1.807, 2.05) is 44.2 Å². The molecule has 0 saturated heterocycles. The van der Waals surface area contributed by atoms with Crippen LogP contribution in [0.25, 0.3) is 0 Å². The molecule has 2 amide bonds. The van der Waals surface area contributed by atoms with Crippen LogP contribution in [-0.4, -0.2) is 72.0 Å². The van der Waals surface area contributed by atoms with E-state index < -0.39 is 29.3 Å². The lowest BCUT2D eigenvalue weighted by Gasteiger charge is -2.42. The lowest BCUT2D eigenvalue weighted by molar-refractivity contribution is -0.132. The van der Waals surface area contributed by atoms with Crippen LogP contribution in [0, 0.1) is 0 Å². The van der Waals surface area contributed by atoms with Crippen LogP contribution in [0.15, 0.2) is 53.5 Å². The second-order valence-corrected chi connectivity index (χ2v) is 11.2. The Morgan fingerprint density at radius 1 is 1.20 bits per heavy atom. The minimum absolute atomic E-state index is 0.138. The van der Waals surface area contributed by atoms with E-state index >= 15 is 0 Å². The highest BCUT2D eigenvalue weighted by Gasteiger charge is 2.44. The summed E-state index contributed by atoms with van der Waals surface area (Å²) in [5.41, 5.74) is 6.75. The molecule has 2 aliphatic heterocycles. The van der Waals surface area contributed by atoms with Gasteiger partial charge in [0.2, 0.25) is 5.91 Å². The number of nitrogens with one attached hydrogen (secondary N) is 1. The number of nitrogens with two attached hydrogens (primary N) is 1. The normalized spacial score (nSPS) is 21.9. The molecule has 0 bridgehead atoms. The van der Waals surface area contributed by atoms with Crippen molar-refractivity contribution in [2.45, 2.75) is 76.3 Å². The van der Waals surface area contributed by atoms with E-state index in [0.29, 0.717) is 48.5 Å². The Bertz CT molecular complexity index is 1270. The molecule has 4 rings (SSSR count). The first-order valence-electron chi connectivity index (χ1n) is 14.2. The Labute approximate surface area is 241 Å². The Balaban J connectivity index is 1.64. The second kappa shape index (κ2) is 12.6. The van der Waals surface area contributed by atoms with Crippen LogP contribution in [0.2, 0.25) is 0 Å². The zero-order valence-corrected chi connectivity index (χ0v) is 24.6. The number of carbonyl (C=O) groups is 2. The summed E-state index contributed by atoms with van der Waals surface area (Å²) in [6, 6.07) is 13.1. The van der Waals surface area contributed by atoms with E-state index in [2.05, 4.69) is 5.32 Å². The molecule has 4 N–H and O–H groups in total. The van der Waals surface area contributed by atoms with Gasteiger partial charge in [-0.15, -0.1) is 0 Å². The molecule has 0 aliphatic carbocycles. The fraction of sp³-hybridized carbons (Fsp3) is 0.516. The molecule has 1 unspecified atom stereocenters. The number of carbonyl (C=O) groups excluding carboxylic acids is 2. The SMILES string of the molecule is CCC1(CC)CC(=O)N(C(COCCOC)c2cccc(C(=O)N[C@@H]3c4ccccc4OC(C)(C)[C@H]3O)c2)C(N)=N1. The minimum Gasteiger partial charge on any atom is -0.485 e. The van der Waals surface area contributed by atoms with Gasteiger partial charge in [-0.05, 0) is 50.5 Å². The molecule has 10 heteroatoms. The number of fused-ring (bicyclic) bond motifs is 1. The monoisotopic (exact) mass is 566 g/mol. The van der Waals surface area contributed by atoms with E-state index in [1.54, 1.807) is 39.2 Å². The number of hydrogen-bond donors (Lipinski definition) is 3. The third kappa shape index (κ3) is 6.39. The van der Waals surface area contributed by atoms with Crippen LogP contribution in [0.1, 0.15) is 80.5 Å². The van der Waals surface area contributed by atoms with E-state index in [1.165, 1.54) is 4.90 Å². The number of guanidine groups is 1. The number of amides is 2. The quantitative estimate of drug-likeness (QED) is 0.354. The molecule has 2 aliphatic rings. The first-order chi connectivity index (χ1) is 19.6. The van der Waals surface area contributed by atoms with Gasteiger partial charge in [0, 0.05) is 18.2 Å². The molecule has 0 radical (unpaired) electrons. The van der Waals surface area contributed by atoms with Gasteiger partial charge in [0.05, 0.1) is 43.9 Å². The van der Waals surface area contributed by atoms with Gasteiger partial charge in [0.1, 0.15) is 17.5 Å². The number of benzene rings is 2. The maximum absolute atomic E-state index is 13.6. The largest absolute Gasteiger partial charge is 0.485 e. The number of aliphatic hydroxyl groups is 1. The topological polar surface area (TPSA) is 136 Å². The number of para-hydroxylation sites is 1. The standard InChI is InChI=1S/C31H42N4O6/c1-6-31(7-2)18-25(36)35(29(32)34-31)23(19-40-16-15-39-5)20-11-10-12-21(17-20)28(38)33-26-22-13-8-9-14-24(22)41-30(3,4)27(26)37/h8-14,17,23,26-27,37H,6-7,15-16,18-19H2,1-5H3,(H2,32,34)(H,33,38)/t23?,26-,27+/m1/s1. The number of hydrogen-bond acceptors (Lipinski definition) is 8. The van der Waals surface area contributed by atoms with Gasteiger partial charge in [-0.2, -0.15) is 0 Å². The predicted octanol–water partition coefficient (Wildman–Crippen LogP) is 3.50. The summed E-state index contributed by atoms with van der Waals surface area (Å²) in [4.78, 5) is 33.3. The number of ether oxygens (including phenoxy) is 3. The van der Waals surface area contributed by atoms with Crippen molar-refractivity contribution >= 4 is 17.8 Å². The van der Waals surface area contributed by atoms with Crippen molar-refractivity contribution in [2.24, 2.45) is 10.7 Å². The van der Waals surface area contributed by atoms with Gasteiger partial charge >= 0.3 is 0 Å². The van der Waals surface area contributed by atoms with Gasteiger partial charge < -0.3 is 30.4 Å². The van der Waals surface area contributed by atoms with Gasteiger partial charge in [-0.25, -0.2) is 4.99 Å². The number of rotatable bonds is 11. The molecule has 0 spiro atoms. The highest BCUT2D eigenvalue weighted by molar-refractivity contribution is 6.00. The molecule has 41 heavy (non-hydrogen) atoms. The third-order valence-electron chi connectivity index (χ3n) is 8.16. The van der Waals surface area contributed by atoms with Crippen molar-refractivity contribution in [3.8, 4) is 5.75 Å². The lowest BCUT2D eigenvalue weighted by Crippen LogP contribution is -2.53. The van der Waals surface area contributed by atoms with Crippen molar-refractivity contribution in [1.82, 2.24) is 10.2 Å². The molecule has 222 valence electrons. The number of methoxy groups -OCH3 is 1. The first-order valence-corrected chi connectivity index (χ1v) is 14.2. The molecule has 2 aromatic rings. The molecule has 2 heterocycles. The van der Waals surface area contributed by atoms with E-state index in [-0.39, 0.29) is 30.8 Å². The molecule has 2 aromatic carbocycles. The highest BCUT2D eigenvalue weighted by Crippen LogP contribution is 2.40. The van der Waals surface area contributed by atoms with E-state index in [4.69, 9.17) is 24.9 Å². The molecular formula is C31H42N4O6. The molecule has 0 aromatic heterocycles. The maximum atomic E-state index is 13.6. The van der Waals surface area contributed by atoms with Crippen LogP contribution in [0.3, 0.4) is 0 Å². The smallest absolute Gasteiger partial charge is 0.251 e. The van der Waals surface area contributed by atoms with Gasteiger partial charge in [0.15, 0.2) is 5.96 Å². The van der Waals surface area contributed by atoms with Crippen molar-refractivity contribution in [2.75, 3.05) is 26.9 Å². The Kier molecular flexibility index (Phi) is 9.36. The summed E-state index contributed by atoms with van der Waals surface area (Å²) in [6.45, 7) is 8.45. The van der Waals surface area contributed by atoms with Crippen LogP contribution >= 0.6 is 0 Å². The average Bonchev–Trinajstić information content (AvgIpc) is 2.96. The highest BCUT2D eigenvalue weighted by atomic mass is 16.5. The fourth-order valence-electron chi connectivity index (χ4n) is 5.49. The zero-order chi connectivity index (χ0) is 29.8. The lowest BCUT2D eigenvalue weighted by atomic mass is 9.86. The summed E-state index contributed by atoms with van der Waals surface area (Å²) in [5, 5.41) is 14.1. The summed E-state index contributed by atoms with van der Waals surface area (Å²) in [5.74, 6) is 0.249. The third-order valence-corrected chi connectivity index (χ3v) is 8.16. The molecule has 0 fully saturated rings. The number of nitrogens with zero attached hydrogens (tertiary/aromatic N) is 2. The van der Waals surface area contributed by atoms with Crippen LogP contribution in [0.5, 0.6) is 5.75 Å². The van der Waals surface area contributed by atoms with Crippen LogP contribution < -0.4 is 15.8 Å². The number of aliphatic hydroxyl groups excluding tert-OH is 1. The predicted molar refractivity (Wildman–Crippen MR) is 156 cm³/mol. The Morgan fingerprint density at radius 2 is 1.93 bits per heavy atom. The van der Waals surface area contributed by atoms with E-state index in [0.717, 1.165) is 0 Å². The van der Waals surface area contributed by atoms with Gasteiger partial charge in [-0.3, -0.25) is 14.5 Å². The summed E-state index contributed by atoms with van der Waals surface area (Å²) in [7, 11) is 1.59. The Morgan fingerprint density at radius 3 is 2.61 bits per heavy atom. The molecule has 3 atom stereocenters. The molecular weight excluding hydrogens is 524 g/mol. The Hall–Kier alpha value is -3.47. The van der Waals surface area contributed by atoms with Crippen LogP contribution in [-0.2, 0) is 14.3 Å². The molecule has 0 saturated carbocycles. The summed E-state index contributed by atoms with van der Waals surface area (Å²) >= 11 is 0.